The van der Waals surface area contributed by atoms with Gasteiger partial charge in [-0.15, -0.1) is 0 Å². The van der Waals surface area contributed by atoms with E-state index in [0.29, 0.717) is 19.1 Å². The number of fused-ring (bicyclic) bond motifs is 2. The van der Waals surface area contributed by atoms with E-state index in [1.807, 2.05) is 17.1 Å². The molecule has 0 saturated heterocycles. The topological polar surface area (TPSA) is 83.5 Å². The van der Waals surface area contributed by atoms with E-state index in [1.54, 1.807) is 13.3 Å². The lowest BCUT2D eigenvalue weighted by atomic mass is 10.00. The number of hydrogen-bond acceptors (Lipinski definition) is 4. The fourth-order valence-electron chi connectivity index (χ4n) is 3.99. The molecule has 0 amide bonds. The molecule has 0 aliphatic rings. The molecule has 0 aliphatic heterocycles. The fourth-order valence-corrected chi connectivity index (χ4v) is 3.99. The third-order valence-corrected chi connectivity index (χ3v) is 5.75. The summed E-state index contributed by atoms with van der Waals surface area (Å²) < 4.78 is 6.96. The van der Waals surface area contributed by atoms with Crippen molar-refractivity contribution in [3.63, 3.8) is 0 Å². The van der Waals surface area contributed by atoms with Crippen LogP contribution < -0.4 is 5.32 Å². The molecule has 3 aromatic heterocycles. The van der Waals surface area contributed by atoms with Gasteiger partial charge in [-0.25, -0.2) is 4.98 Å². The van der Waals surface area contributed by atoms with Crippen molar-refractivity contribution in [2.45, 2.75) is 19.9 Å². The summed E-state index contributed by atoms with van der Waals surface area (Å²) in [5, 5.41) is 8.88. The maximum atomic E-state index is 5.12. The number of nitrogens with one attached hydrogen (secondary N) is 3. The van der Waals surface area contributed by atoms with E-state index in [0.717, 1.165) is 45.4 Å². The van der Waals surface area contributed by atoms with Gasteiger partial charge in [-0.1, -0.05) is 37.8 Å². The number of nitrogens with zero attached hydrogens (tertiary/aromatic N) is 3. The molecule has 0 aliphatic carbocycles. The summed E-state index contributed by atoms with van der Waals surface area (Å²) in [4.78, 5) is 11.7. The molecule has 7 nitrogen and oxygen atoms in total. The van der Waals surface area contributed by atoms with E-state index in [1.165, 1.54) is 10.9 Å². The molecule has 5 rings (SSSR count). The molecule has 0 radical (unpaired) electrons. The standard InChI is InChI=1S/C25H26N6O/c1-4-17-7-8-21(19-6-5-18-9-10-26-22(18)13-19)24-23(17)29-25(30-24)28-16(2)20-14-27-31(15-20)11-12-32-3/h5-10,13-15,26H,2,4,11-12H2,1,3H3,(H2,28,29,30). The van der Waals surface area contributed by atoms with Crippen molar-refractivity contribution in [3.05, 3.63) is 72.7 Å². The number of aryl methyl sites for hydroxylation is 1. The normalized spacial score (nSPS) is 11.4. The van der Waals surface area contributed by atoms with Gasteiger partial charge >= 0.3 is 0 Å². The van der Waals surface area contributed by atoms with Gasteiger partial charge in [0.15, 0.2) is 0 Å². The molecular formula is C25H26N6O. The van der Waals surface area contributed by atoms with Crippen LogP contribution in [0.1, 0.15) is 18.1 Å². The molecule has 0 unspecified atom stereocenters. The highest BCUT2D eigenvalue weighted by Crippen LogP contribution is 2.32. The van der Waals surface area contributed by atoms with Crippen LogP contribution in [0.2, 0.25) is 0 Å². The first-order chi connectivity index (χ1) is 15.7. The molecule has 0 fully saturated rings. The van der Waals surface area contributed by atoms with Crippen LogP contribution in [0, 0.1) is 0 Å². The Labute approximate surface area is 186 Å². The minimum absolute atomic E-state index is 0.613. The van der Waals surface area contributed by atoms with Crippen LogP contribution in [0.25, 0.3) is 38.8 Å². The minimum Gasteiger partial charge on any atom is -0.383 e. The number of methoxy groups -OCH3 is 1. The van der Waals surface area contributed by atoms with Crippen molar-refractivity contribution in [3.8, 4) is 11.1 Å². The molecule has 3 heterocycles. The highest BCUT2D eigenvalue weighted by Gasteiger charge is 2.14. The summed E-state index contributed by atoms with van der Waals surface area (Å²) in [7, 11) is 1.68. The van der Waals surface area contributed by atoms with Crippen LogP contribution in [0.5, 0.6) is 0 Å². The van der Waals surface area contributed by atoms with E-state index in [9.17, 15) is 0 Å². The van der Waals surface area contributed by atoms with E-state index in [-0.39, 0.29) is 0 Å². The quantitative estimate of drug-likeness (QED) is 0.318. The molecule has 5 aromatic rings. The lowest BCUT2D eigenvalue weighted by Crippen LogP contribution is -2.04. The van der Waals surface area contributed by atoms with Gasteiger partial charge in [0.25, 0.3) is 0 Å². The predicted octanol–water partition coefficient (Wildman–Crippen LogP) is 5.20. The Hall–Kier alpha value is -3.84. The molecule has 3 N–H and O–H groups in total. The van der Waals surface area contributed by atoms with Crippen LogP contribution in [0.15, 0.2) is 61.6 Å². The Morgan fingerprint density at radius 1 is 1.22 bits per heavy atom. The zero-order chi connectivity index (χ0) is 22.1. The van der Waals surface area contributed by atoms with Gasteiger partial charge in [-0.3, -0.25) is 4.68 Å². The number of rotatable bonds is 8. The number of ether oxygens (including phenoxy) is 1. The molecule has 0 atom stereocenters. The van der Waals surface area contributed by atoms with Gasteiger partial charge in [-0.05, 0) is 35.1 Å². The molecular weight excluding hydrogens is 400 g/mol. The number of aromatic amines is 2. The number of aromatic nitrogens is 5. The maximum absolute atomic E-state index is 5.12. The van der Waals surface area contributed by atoms with Gasteiger partial charge in [-0.2, -0.15) is 5.10 Å². The van der Waals surface area contributed by atoms with Crippen molar-refractivity contribution >= 4 is 33.6 Å². The Morgan fingerprint density at radius 3 is 2.97 bits per heavy atom. The second-order valence-electron chi connectivity index (χ2n) is 7.80. The number of anilines is 1. The summed E-state index contributed by atoms with van der Waals surface area (Å²) >= 11 is 0. The molecule has 2 aromatic carbocycles. The minimum atomic E-state index is 0.613. The van der Waals surface area contributed by atoms with Crippen molar-refractivity contribution in [1.29, 1.82) is 0 Å². The van der Waals surface area contributed by atoms with Crippen molar-refractivity contribution in [2.24, 2.45) is 0 Å². The van der Waals surface area contributed by atoms with Gasteiger partial charge in [0.1, 0.15) is 0 Å². The van der Waals surface area contributed by atoms with Crippen molar-refractivity contribution in [1.82, 2.24) is 24.7 Å². The zero-order valence-corrected chi connectivity index (χ0v) is 18.3. The number of H-pyrrole nitrogens is 2. The lowest BCUT2D eigenvalue weighted by molar-refractivity contribution is 0.183. The third kappa shape index (κ3) is 3.67. The van der Waals surface area contributed by atoms with Gasteiger partial charge < -0.3 is 20.0 Å². The Kier molecular flexibility index (Phi) is 5.25. The van der Waals surface area contributed by atoms with Crippen LogP contribution >= 0.6 is 0 Å². The first-order valence-electron chi connectivity index (χ1n) is 10.7. The van der Waals surface area contributed by atoms with E-state index < -0.39 is 0 Å². The van der Waals surface area contributed by atoms with Gasteiger partial charge in [0.05, 0.1) is 30.4 Å². The smallest absolute Gasteiger partial charge is 0.205 e. The average Bonchev–Trinajstić information content (AvgIpc) is 3.55. The Balaban J connectivity index is 1.49. The van der Waals surface area contributed by atoms with Crippen LogP contribution in [-0.2, 0) is 17.7 Å². The second-order valence-corrected chi connectivity index (χ2v) is 7.80. The summed E-state index contributed by atoms with van der Waals surface area (Å²) in [5.41, 5.74) is 8.20. The summed E-state index contributed by atoms with van der Waals surface area (Å²) in [6, 6.07) is 12.9. The molecule has 0 saturated carbocycles. The zero-order valence-electron chi connectivity index (χ0n) is 18.3. The highest BCUT2D eigenvalue weighted by atomic mass is 16.5. The SMILES string of the molecule is C=C(Nc1nc2c(-c3ccc4cc[nH]c4c3)ccc(CC)c2[nH]1)c1cnn(CCOC)c1. The molecule has 162 valence electrons. The summed E-state index contributed by atoms with van der Waals surface area (Å²) in [5.74, 6) is 0.665. The van der Waals surface area contributed by atoms with Crippen LogP contribution in [-0.4, -0.2) is 38.4 Å². The van der Waals surface area contributed by atoms with E-state index >= 15 is 0 Å². The van der Waals surface area contributed by atoms with Gasteiger partial charge in [0, 0.05) is 41.8 Å². The average molecular weight is 427 g/mol. The van der Waals surface area contributed by atoms with Crippen molar-refractivity contribution in [2.75, 3.05) is 19.0 Å². The highest BCUT2D eigenvalue weighted by molar-refractivity contribution is 5.97. The molecule has 0 spiro atoms. The maximum Gasteiger partial charge on any atom is 0.205 e. The van der Waals surface area contributed by atoms with Gasteiger partial charge in [0.2, 0.25) is 5.95 Å². The first-order valence-corrected chi connectivity index (χ1v) is 10.7. The number of imidazole rings is 1. The monoisotopic (exact) mass is 426 g/mol. The summed E-state index contributed by atoms with van der Waals surface area (Å²) in [6.45, 7) is 7.64. The Bertz CT molecular complexity index is 1410. The van der Waals surface area contributed by atoms with Crippen molar-refractivity contribution < 1.29 is 4.74 Å². The molecule has 0 bridgehead atoms. The predicted molar refractivity (Wildman–Crippen MR) is 130 cm³/mol. The second kappa shape index (κ2) is 8.36. The Morgan fingerprint density at radius 2 is 2.12 bits per heavy atom. The van der Waals surface area contributed by atoms with Crippen LogP contribution in [0.3, 0.4) is 0 Å². The lowest BCUT2D eigenvalue weighted by Gasteiger charge is -2.06. The molecule has 7 heteroatoms. The first kappa shape index (κ1) is 20.1. The number of benzene rings is 2. The largest absolute Gasteiger partial charge is 0.383 e. The summed E-state index contributed by atoms with van der Waals surface area (Å²) in [6.07, 6.45) is 6.62. The van der Waals surface area contributed by atoms with E-state index in [4.69, 9.17) is 9.72 Å². The number of hydrogen-bond donors (Lipinski definition) is 3. The van der Waals surface area contributed by atoms with Crippen LogP contribution in [0.4, 0.5) is 5.95 Å². The third-order valence-electron chi connectivity index (χ3n) is 5.75. The van der Waals surface area contributed by atoms with E-state index in [2.05, 4.69) is 70.3 Å². The molecule has 32 heavy (non-hydrogen) atoms. The fraction of sp³-hybridized carbons (Fsp3) is 0.200.